The summed E-state index contributed by atoms with van der Waals surface area (Å²) in [6, 6.07) is 0. The Morgan fingerprint density at radius 3 is 1.41 bits per heavy atom. The molecule has 4 aliphatic rings. The van der Waals surface area contributed by atoms with Gasteiger partial charge < -0.3 is 0 Å². The molecule has 3 aromatic rings. The van der Waals surface area contributed by atoms with Gasteiger partial charge in [0.05, 0.1) is 30.2 Å². The minimum Gasteiger partial charge on any atom is -0.292 e. The van der Waals surface area contributed by atoms with E-state index in [1.165, 1.54) is 63.2 Å². The Balaban J connectivity index is 1.28. The molecule has 2 aliphatic heterocycles. The number of nitrogens with zero attached hydrogens (tertiary/aromatic N) is 4. The fourth-order valence-corrected chi connectivity index (χ4v) is 13.3. The van der Waals surface area contributed by atoms with Crippen molar-refractivity contribution >= 4 is 143 Å². The second-order valence-corrected chi connectivity index (χ2v) is 17.4. The van der Waals surface area contributed by atoms with Gasteiger partial charge in [-0.3, -0.25) is 19.4 Å². The molecule has 2 saturated heterocycles. The normalized spacial score (nSPS) is 23.3. The zero-order valence-corrected chi connectivity index (χ0v) is 28.7. The molecule has 6 nitrogen and oxygen atoms in total. The van der Waals surface area contributed by atoms with E-state index in [9.17, 15) is 9.59 Å². The highest BCUT2D eigenvalue weighted by atomic mass is 32.2. The molecular formula is C28H24N4O2S7. The molecule has 2 amide bonds. The first-order chi connectivity index (χ1) is 19.4. The van der Waals surface area contributed by atoms with Crippen LogP contribution in [0.15, 0.2) is 21.4 Å². The van der Waals surface area contributed by atoms with Crippen LogP contribution in [0.1, 0.15) is 62.4 Å². The van der Waals surface area contributed by atoms with E-state index in [4.69, 9.17) is 34.4 Å². The fraction of sp³-hybridized carbons (Fsp3) is 0.357. The average molecular weight is 673 g/mol. The standard InChI is InChI=1S/C28H24N4O2S7/c1-7-31-23(33)21(40-25(31)35)29-13-9-11-15(27(13,3)4)17-19(37-11)20-18(39-17)16-12(38-20)10-14(28(16,5)6)30-22-24(34)32(8-2)26(36)41-22/h9-10H,7-8H2,1-6H3. The zero-order chi connectivity index (χ0) is 29.2. The fourth-order valence-electron chi connectivity index (χ4n) is 5.72. The van der Waals surface area contributed by atoms with Gasteiger partial charge in [-0.2, -0.15) is 0 Å². The molecule has 2 fully saturated rings. The molecule has 5 heterocycles. The van der Waals surface area contributed by atoms with E-state index in [2.05, 4.69) is 39.8 Å². The molecule has 0 N–H and O–H groups in total. The van der Waals surface area contributed by atoms with Crippen LogP contribution >= 0.6 is 82.0 Å². The van der Waals surface area contributed by atoms with Gasteiger partial charge in [-0.25, -0.2) is 9.98 Å². The first-order valence-corrected chi connectivity index (χ1v) is 18.0. The third kappa shape index (κ3) is 3.85. The number of carbonyl (C=O) groups excluding carboxylic acids is 2. The third-order valence-corrected chi connectivity index (χ3v) is 14.6. The lowest BCUT2D eigenvalue weighted by Gasteiger charge is -2.22. The maximum Gasteiger partial charge on any atom is 0.284 e. The van der Waals surface area contributed by atoms with E-state index in [0.717, 1.165) is 11.4 Å². The number of carbonyl (C=O) groups is 2. The summed E-state index contributed by atoms with van der Waals surface area (Å²) >= 11 is 18.8. The number of amides is 2. The Labute approximate surface area is 268 Å². The van der Waals surface area contributed by atoms with E-state index in [1.54, 1.807) is 9.80 Å². The highest BCUT2D eigenvalue weighted by Crippen LogP contribution is 2.59. The first-order valence-electron chi connectivity index (χ1n) is 13.1. The highest BCUT2D eigenvalue weighted by molar-refractivity contribution is 8.35. The minimum atomic E-state index is -0.340. The van der Waals surface area contributed by atoms with Gasteiger partial charge in [0, 0.05) is 33.7 Å². The van der Waals surface area contributed by atoms with E-state index in [-0.39, 0.29) is 22.6 Å². The molecule has 0 radical (unpaired) electrons. The quantitative estimate of drug-likeness (QED) is 0.262. The number of hydrogen-bond donors (Lipinski definition) is 0. The minimum absolute atomic E-state index is 0.108. The van der Waals surface area contributed by atoms with Gasteiger partial charge in [-0.1, -0.05) is 52.1 Å². The van der Waals surface area contributed by atoms with Crippen molar-refractivity contribution in [2.24, 2.45) is 9.98 Å². The lowest BCUT2D eigenvalue weighted by molar-refractivity contribution is -0.120. The SMILES string of the molecule is CCN1C(=O)C(=NC2=Cc3sc4c(sc5c6c(sc54)C=C(N=C4SC(=S)N(CC)C4=O)C6(C)C)c3C2(C)C)SC1=S. The van der Waals surface area contributed by atoms with Crippen molar-refractivity contribution in [1.29, 1.82) is 0 Å². The summed E-state index contributed by atoms with van der Waals surface area (Å²) in [6.45, 7) is 13.7. The number of rotatable bonds is 4. The molecular weight excluding hydrogens is 649 g/mol. The molecule has 0 bridgehead atoms. The molecule has 13 heteroatoms. The third-order valence-electron chi connectivity index (χ3n) is 8.00. The van der Waals surface area contributed by atoms with Crippen molar-refractivity contribution in [2.45, 2.75) is 52.4 Å². The Kier molecular flexibility index (Phi) is 6.42. The van der Waals surface area contributed by atoms with E-state index < -0.39 is 0 Å². The molecule has 0 spiro atoms. The van der Waals surface area contributed by atoms with Crippen molar-refractivity contribution in [2.75, 3.05) is 13.1 Å². The highest BCUT2D eigenvalue weighted by Gasteiger charge is 2.43. The molecule has 0 saturated carbocycles. The van der Waals surface area contributed by atoms with Gasteiger partial charge in [0.25, 0.3) is 11.8 Å². The maximum absolute atomic E-state index is 12.8. The van der Waals surface area contributed by atoms with E-state index >= 15 is 0 Å². The summed E-state index contributed by atoms with van der Waals surface area (Å²) < 4.78 is 6.36. The van der Waals surface area contributed by atoms with Crippen LogP contribution in [0.3, 0.4) is 0 Å². The van der Waals surface area contributed by atoms with E-state index in [1.807, 2.05) is 47.9 Å². The van der Waals surface area contributed by atoms with Crippen LogP contribution in [0.4, 0.5) is 0 Å². The molecule has 2 aliphatic carbocycles. The van der Waals surface area contributed by atoms with Gasteiger partial charge in [0.2, 0.25) is 0 Å². The van der Waals surface area contributed by atoms with Crippen molar-refractivity contribution in [3.8, 4) is 0 Å². The molecule has 0 atom stereocenters. The van der Waals surface area contributed by atoms with Crippen LogP contribution in [-0.2, 0) is 20.4 Å². The Hall–Kier alpha value is -1.74. The number of fused-ring (bicyclic) bond motifs is 7. The maximum atomic E-state index is 12.8. The predicted octanol–water partition coefficient (Wildman–Crippen LogP) is 8.00. The summed E-state index contributed by atoms with van der Waals surface area (Å²) in [5.41, 5.74) is 3.69. The Bertz CT molecular complexity index is 1780. The van der Waals surface area contributed by atoms with Gasteiger partial charge in [-0.05, 0) is 60.7 Å². The second kappa shape index (κ2) is 9.38. The van der Waals surface area contributed by atoms with Crippen LogP contribution in [0.5, 0.6) is 0 Å². The predicted molar refractivity (Wildman–Crippen MR) is 187 cm³/mol. The second-order valence-electron chi connectivity index (χ2n) is 11.1. The summed E-state index contributed by atoms with van der Waals surface area (Å²) in [5, 5.41) is 0.910. The Morgan fingerprint density at radius 1 is 0.683 bits per heavy atom. The number of thioether (sulfide) groups is 2. The summed E-state index contributed by atoms with van der Waals surface area (Å²) in [7, 11) is 0. The number of thiophene rings is 3. The van der Waals surface area contributed by atoms with Crippen molar-refractivity contribution < 1.29 is 9.59 Å². The number of aliphatic imine (C=N–C) groups is 2. The van der Waals surface area contributed by atoms with Crippen LogP contribution in [0.2, 0.25) is 0 Å². The van der Waals surface area contributed by atoms with Gasteiger partial charge in [0.15, 0.2) is 10.1 Å². The van der Waals surface area contributed by atoms with Gasteiger partial charge in [0.1, 0.15) is 8.64 Å². The number of hydrogen-bond acceptors (Lipinski definition) is 11. The van der Waals surface area contributed by atoms with Crippen LogP contribution in [0.25, 0.3) is 31.0 Å². The van der Waals surface area contributed by atoms with Gasteiger partial charge in [-0.15, -0.1) is 34.0 Å². The largest absolute Gasteiger partial charge is 0.292 e. The Morgan fingerprint density at radius 2 is 1.07 bits per heavy atom. The van der Waals surface area contributed by atoms with Crippen molar-refractivity contribution in [3.05, 3.63) is 32.3 Å². The zero-order valence-electron chi connectivity index (χ0n) is 23.0. The number of thiocarbonyl (C=S) groups is 2. The molecule has 210 valence electrons. The van der Waals surface area contributed by atoms with E-state index in [0.29, 0.717) is 31.8 Å². The average Bonchev–Trinajstić information content (AvgIpc) is 3.70. The van der Waals surface area contributed by atoms with Gasteiger partial charge >= 0.3 is 0 Å². The molecule has 7 rings (SSSR count). The smallest absolute Gasteiger partial charge is 0.284 e. The number of allylic oxidation sites excluding steroid dienone is 2. The summed E-state index contributed by atoms with van der Waals surface area (Å²) in [4.78, 5) is 41.1. The molecule has 0 unspecified atom stereocenters. The monoisotopic (exact) mass is 672 g/mol. The summed E-state index contributed by atoms with van der Waals surface area (Å²) in [5.74, 6) is -0.217. The first kappa shape index (κ1) is 28.1. The topological polar surface area (TPSA) is 65.3 Å². The molecule has 0 aromatic carbocycles. The van der Waals surface area contributed by atoms with Crippen LogP contribution < -0.4 is 0 Å². The van der Waals surface area contributed by atoms with Crippen molar-refractivity contribution in [1.82, 2.24) is 9.80 Å². The van der Waals surface area contributed by atoms with Crippen molar-refractivity contribution in [3.63, 3.8) is 0 Å². The summed E-state index contributed by atoms with van der Waals surface area (Å²) in [6.07, 6.45) is 4.30. The van der Waals surface area contributed by atoms with Crippen LogP contribution in [0, 0.1) is 0 Å². The molecule has 3 aromatic heterocycles. The lowest BCUT2D eigenvalue weighted by atomic mass is 9.86. The molecule has 41 heavy (non-hydrogen) atoms. The van der Waals surface area contributed by atoms with Crippen LogP contribution in [-0.4, -0.2) is 53.4 Å². The lowest BCUT2D eigenvalue weighted by Crippen LogP contribution is -2.29.